The second kappa shape index (κ2) is 25.0. The van der Waals surface area contributed by atoms with Gasteiger partial charge in [-0.2, -0.15) is 0 Å². The highest BCUT2D eigenvalue weighted by atomic mass is 16.7. The van der Waals surface area contributed by atoms with Gasteiger partial charge in [-0.3, -0.25) is 19.2 Å². The monoisotopic (exact) mass is 500 g/mol. The molecule has 0 aliphatic rings. The van der Waals surface area contributed by atoms with Gasteiger partial charge in [0.15, 0.2) is 0 Å². The van der Waals surface area contributed by atoms with Crippen LogP contribution in [0.2, 0.25) is 0 Å². The summed E-state index contributed by atoms with van der Waals surface area (Å²) in [4.78, 5) is 46.5. The van der Waals surface area contributed by atoms with E-state index in [1.165, 1.54) is 12.8 Å². The van der Waals surface area contributed by atoms with Gasteiger partial charge in [0.25, 0.3) is 0 Å². The molecule has 0 rings (SSSR count). The molecular formula is C27H48O8. The maximum atomic E-state index is 11.7. The second-order valence-corrected chi connectivity index (χ2v) is 8.90. The number of hydrogen-bond donors (Lipinski definition) is 0. The summed E-state index contributed by atoms with van der Waals surface area (Å²) in [5.41, 5.74) is 0. The van der Waals surface area contributed by atoms with E-state index in [9.17, 15) is 19.2 Å². The molecule has 0 saturated carbocycles. The standard InChI is InChI=1S/C27H48O8/c1-3-5-7-10-14-18-24(28)32-22-34-26(30)20-16-12-9-13-17-21-27(31)35-23-33-25(29)19-15-11-8-6-4-2/h3-23H2,1-2H3. The summed E-state index contributed by atoms with van der Waals surface area (Å²) in [5, 5.41) is 0. The smallest absolute Gasteiger partial charge is 0.308 e. The summed E-state index contributed by atoms with van der Waals surface area (Å²) in [5.74, 6) is -1.41. The summed E-state index contributed by atoms with van der Waals surface area (Å²) >= 11 is 0. The van der Waals surface area contributed by atoms with Crippen molar-refractivity contribution in [3.63, 3.8) is 0 Å². The first-order chi connectivity index (χ1) is 17.0. The predicted octanol–water partition coefficient (Wildman–Crippen LogP) is 6.53. The summed E-state index contributed by atoms with van der Waals surface area (Å²) in [7, 11) is 0. The van der Waals surface area contributed by atoms with Crippen molar-refractivity contribution in [2.24, 2.45) is 0 Å². The van der Waals surface area contributed by atoms with Crippen LogP contribution in [0.15, 0.2) is 0 Å². The molecule has 0 saturated heterocycles. The molecule has 0 spiro atoms. The van der Waals surface area contributed by atoms with E-state index in [-0.39, 0.29) is 50.3 Å². The van der Waals surface area contributed by atoms with Crippen LogP contribution in [0.1, 0.15) is 136 Å². The summed E-state index contributed by atoms with van der Waals surface area (Å²) in [6, 6.07) is 0. The highest BCUT2D eigenvalue weighted by molar-refractivity contribution is 5.71. The van der Waals surface area contributed by atoms with E-state index in [2.05, 4.69) is 13.8 Å². The highest BCUT2D eigenvalue weighted by Crippen LogP contribution is 2.10. The maximum absolute atomic E-state index is 11.7. The molecule has 0 bridgehead atoms. The van der Waals surface area contributed by atoms with Gasteiger partial charge in [0.1, 0.15) is 0 Å². The molecule has 0 heterocycles. The molecule has 0 aromatic heterocycles. The fourth-order valence-corrected chi connectivity index (χ4v) is 3.43. The van der Waals surface area contributed by atoms with E-state index in [4.69, 9.17) is 18.9 Å². The van der Waals surface area contributed by atoms with E-state index in [1.54, 1.807) is 0 Å². The van der Waals surface area contributed by atoms with Crippen LogP contribution >= 0.6 is 0 Å². The van der Waals surface area contributed by atoms with Crippen molar-refractivity contribution in [3.8, 4) is 0 Å². The Hall–Kier alpha value is -2.12. The van der Waals surface area contributed by atoms with Crippen LogP contribution in [0.3, 0.4) is 0 Å². The minimum absolute atomic E-state index is 0.278. The van der Waals surface area contributed by atoms with Gasteiger partial charge in [-0.1, -0.05) is 84.5 Å². The Morgan fingerprint density at radius 2 is 0.600 bits per heavy atom. The summed E-state index contributed by atoms with van der Waals surface area (Å²) < 4.78 is 19.7. The quantitative estimate of drug-likeness (QED) is 0.0837. The van der Waals surface area contributed by atoms with Crippen LogP contribution in [0.4, 0.5) is 0 Å². The maximum Gasteiger partial charge on any atom is 0.308 e. The van der Waals surface area contributed by atoms with Crippen LogP contribution in [-0.4, -0.2) is 37.5 Å². The van der Waals surface area contributed by atoms with Crippen molar-refractivity contribution in [3.05, 3.63) is 0 Å². The zero-order valence-electron chi connectivity index (χ0n) is 22.1. The third kappa shape index (κ3) is 24.8. The first-order valence-electron chi connectivity index (χ1n) is 13.6. The van der Waals surface area contributed by atoms with Gasteiger partial charge in [-0.15, -0.1) is 0 Å². The van der Waals surface area contributed by atoms with Crippen LogP contribution in [0.25, 0.3) is 0 Å². The van der Waals surface area contributed by atoms with Crippen molar-refractivity contribution < 1.29 is 38.1 Å². The predicted molar refractivity (Wildman–Crippen MR) is 133 cm³/mol. The van der Waals surface area contributed by atoms with Crippen LogP contribution in [-0.2, 0) is 38.1 Å². The molecule has 0 N–H and O–H groups in total. The fourth-order valence-electron chi connectivity index (χ4n) is 3.43. The Morgan fingerprint density at radius 3 is 0.857 bits per heavy atom. The lowest BCUT2D eigenvalue weighted by atomic mass is 10.1. The van der Waals surface area contributed by atoms with Crippen molar-refractivity contribution in [2.45, 2.75) is 136 Å². The number of carbonyl (C=O) groups is 4. The van der Waals surface area contributed by atoms with E-state index in [0.29, 0.717) is 25.7 Å². The third-order valence-corrected chi connectivity index (χ3v) is 5.61. The Bertz CT molecular complexity index is 513. The number of ether oxygens (including phenoxy) is 4. The van der Waals surface area contributed by atoms with Gasteiger partial charge in [0, 0.05) is 25.7 Å². The third-order valence-electron chi connectivity index (χ3n) is 5.61. The Kier molecular flexibility index (Phi) is 23.5. The second-order valence-electron chi connectivity index (χ2n) is 8.90. The van der Waals surface area contributed by atoms with E-state index in [0.717, 1.165) is 70.6 Å². The van der Waals surface area contributed by atoms with Crippen LogP contribution < -0.4 is 0 Å². The lowest BCUT2D eigenvalue weighted by molar-refractivity contribution is -0.169. The molecule has 0 amide bonds. The molecule has 8 heteroatoms. The zero-order valence-corrected chi connectivity index (χ0v) is 22.1. The summed E-state index contributed by atoms with van der Waals surface area (Å²) in [6.07, 6.45) is 15.8. The minimum Gasteiger partial charge on any atom is -0.428 e. The van der Waals surface area contributed by atoms with E-state index in [1.807, 2.05) is 0 Å². The molecule has 0 radical (unpaired) electrons. The highest BCUT2D eigenvalue weighted by Gasteiger charge is 2.08. The van der Waals surface area contributed by atoms with Gasteiger partial charge in [0.2, 0.25) is 13.6 Å². The van der Waals surface area contributed by atoms with Crippen LogP contribution in [0.5, 0.6) is 0 Å². The number of rotatable bonds is 24. The normalized spacial score (nSPS) is 10.6. The number of unbranched alkanes of at least 4 members (excludes halogenated alkanes) is 12. The number of hydrogen-bond acceptors (Lipinski definition) is 8. The summed E-state index contributed by atoms with van der Waals surface area (Å²) in [6.45, 7) is 3.65. The van der Waals surface area contributed by atoms with Gasteiger partial charge < -0.3 is 18.9 Å². The Labute approximate surface area is 211 Å². The van der Waals surface area contributed by atoms with Crippen LogP contribution in [0, 0.1) is 0 Å². The molecule has 0 aromatic rings. The average molecular weight is 501 g/mol. The molecule has 0 aliphatic heterocycles. The number of carbonyl (C=O) groups excluding carboxylic acids is 4. The van der Waals surface area contributed by atoms with E-state index < -0.39 is 0 Å². The lowest BCUT2D eigenvalue weighted by Crippen LogP contribution is -2.12. The number of esters is 4. The van der Waals surface area contributed by atoms with Crippen molar-refractivity contribution in [2.75, 3.05) is 13.6 Å². The molecule has 0 atom stereocenters. The van der Waals surface area contributed by atoms with Gasteiger partial charge in [-0.25, -0.2) is 0 Å². The lowest BCUT2D eigenvalue weighted by Gasteiger charge is -2.07. The SMILES string of the molecule is CCCCCCCC(=O)OCOC(=O)CCCCCCCC(=O)OCOC(=O)CCCCCCC. The topological polar surface area (TPSA) is 105 Å². The molecule has 8 nitrogen and oxygen atoms in total. The molecule has 0 unspecified atom stereocenters. The minimum atomic E-state index is -0.375. The molecule has 35 heavy (non-hydrogen) atoms. The Morgan fingerprint density at radius 1 is 0.371 bits per heavy atom. The molecule has 0 aliphatic carbocycles. The first kappa shape index (κ1) is 32.9. The van der Waals surface area contributed by atoms with E-state index >= 15 is 0 Å². The zero-order chi connectivity index (χ0) is 26.0. The Balaban J connectivity index is 3.46. The van der Waals surface area contributed by atoms with Gasteiger partial charge in [-0.05, 0) is 25.7 Å². The average Bonchev–Trinajstić information content (AvgIpc) is 2.83. The van der Waals surface area contributed by atoms with Crippen molar-refractivity contribution in [1.29, 1.82) is 0 Å². The van der Waals surface area contributed by atoms with Crippen molar-refractivity contribution in [1.82, 2.24) is 0 Å². The largest absolute Gasteiger partial charge is 0.428 e. The molecule has 0 aromatic carbocycles. The van der Waals surface area contributed by atoms with Gasteiger partial charge >= 0.3 is 23.9 Å². The molecule has 0 fully saturated rings. The van der Waals surface area contributed by atoms with Crippen molar-refractivity contribution >= 4 is 23.9 Å². The van der Waals surface area contributed by atoms with Gasteiger partial charge in [0.05, 0.1) is 0 Å². The first-order valence-corrected chi connectivity index (χ1v) is 13.6. The molecule has 204 valence electrons. The molecular weight excluding hydrogens is 452 g/mol. The fraction of sp³-hybridized carbons (Fsp3) is 0.852.